The lowest BCUT2D eigenvalue weighted by molar-refractivity contribution is 0.0908. The zero-order valence-corrected chi connectivity index (χ0v) is 17.9. The fraction of sp³-hybridized carbons (Fsp3) is 0.333. The molecule has 2 aromatic carbocycles. The number of carbonyl (C=O) groups is 1. The standard InChI is InChI=1S/C24H26N2O3S/c1-30-23-9-5-2-6-18(23)16-26-12-10-17(11-13-26)15-25-24(28)22-14-20(27)19-7-3-4-8-21(19)29-22/h2-9,14,17H,10-13,15-16H2,1H3,(H,25,28). The summed E-state index contributed by atoms with van der Waals surface area (Å²) in [6.45, 7) is 3.62. The number of hydrogen-bond donors (Lipinski definition) is 1. The quantitative estimate of drug-likeness (QED) is 0.605. The summed E-state index contributed by atoms with van der Waals surface area (Å²) in [7, 11) is 0. The van der Waals surface area contributed by atoms with Crippen LogP contribution < -0.4 is 10.7 Å². The topological polar surface area (TPSA) is 62.6 Å². The van der Waals surface area contributed by atoms with E-state index in [-0.39, 0.29) is 17.1 Å². The van der Waals surface area contributed by atoms with Gasteiger partial charge in [0.15, 0.2) is 11.2 Å². The average molecular weight is 423 g/mol. The van der Waals surface area contributed by atoms with E-state index in [0.29, 0.717) is 23.4 Å². The van der Waals surface area contributed by atoms with Gasteiger partial charge < -0.3 is 9.73 Å². The molecule has 2 heterocycles. The predicted octanol–water partition coefficient (Wildman–Crippen LogP) is 4.16. The largest absolute Gasteiger partial charge is 0.451 e. The van der Waals surface area contributed by atoms with Gasteiger partial charge in [-0.05, 0) is 61.9 Å². The third kappa shape index (κ3) is 4.77. The van der Waals surface area contributed by atoms with Gasteiger partial charge in [0.05, 0.1) is 5.39 Å². The van der Waals surface area contributed by atoms with Crippen molar-refractivity contribution in [3.63, 3.8) is 0 Å². The van der Waals surface area contributed by atoms with Crippen LogP contribution in [0.4, 0.5) is 0 Å². The van der Waals surface area contributed by atoms with E-state index in [1.807, 2.05) is 0 Å². The number of nitrogens with zero attached hydrogens (tertiary/aromatic N) is 1. The van der Waals surface area contributed by atoms with Crippen molar-refractivity contribution in [3.8, 4) is 0 Å². The minimum atomic E-state index is -0.325. The molecule has 1 saturated heterocycles. The molecule has 0 saturated carbocycles. The molecule has 1 aliphatic heterocycles. The van der Waals surface area contributed by atoms with Crippen molar-refractivity contribution in [2.24, 2.45) is 5.92 Å². The summed E-state index contributed by atoms with van der Waals surface area (Å²) in [5.74, 6) is 0.187. The molecule has 1 aliphatic rings. The molecular weight excluding hydrogens is 396 g/mol. The first-order valence-corrected chi connectivity index (χ1v) is 11.5. The zero-order valence-electron chi connectivity index (χ0n) is 17.1. The van der Waals surface area contributed by atoms with E-state index in [4.69, 9.17) is 4.42 Å². The number of nitrogens with one attached hydrogen (secondary N) is 1. The van der Waals surface area contributed by atoms with E-state index in [1.54, 1.807) is 36.0 Å². The average Bonchev–Trinajstić information content (AvgIpc) is 2.78. The highest BCUT2D eigenvalue weighted by Gasteiger charge is 2.21. The molecule has 30 heavy (non-hydrogen) atoms. The van der Waals surface area contributed by atoms with Crippen molar-refractivity contribution >= 4 is 28.6 Å². The molecule has 3 aromatic rings. The van der Waals surface area contributed by atoms with E-state index in [1.165, 1.54) is 16.5 Å². The lowest BCUT2D eigenvalue weighted by atomic mass is 9.96. The molecule has 1 amide bonds. The predicted molar refractivity (Wildman–Crippen MR) is 121 cm³/mol. The minimum absolute atomic E-state index is 0.0739. The second kappa shape index (κ2) is 9.49. The highest BCUT2D eigenvalue weighted by molar-refractivity contribution is 7.98. The third-order valence-electron chi connectivity index (χ3n) is 5.70. The summed E-state index contributed by atoms with van der Waals surface area (Å²) in [6, 6.07) is 16.8. The molecule has 1 N–H and O–H groups in total. The monoisotopic (exact) mass is 422 g/mol. The molecule has 0 aliphatic carbocycles. The van der Waals surface area contributed by atoms with Crippen molar-refractivity contribution in [1.29, 1.82) is 0 Å². The van der Waals surface area contributed by atoms with E-state index in [9.17, 15) is 9.59 Å². The summed E-state index contributed by atoms with van der Waals surface area (Å²) >= 11 is 1.79. The molecule has 0 unspecified atom stereocenters. The van der Waals surface area contributed by atoms with Crippen LogP contribution in [0.1, 0.15) is 29.0 Å². The maximum absolute atomic E-state index is 12.5. The number of carbonyl (C=O) groups excluding carboxylic acids is 1. The molecule has 1 fully saturated rings. The van der Waals surface area contributed by atoms with Crippen LogP contribution in [-0.4, -0.2) is 36.7 Å². The number of amides is 1. The van der Waals surface area contributed by atoms with Gasteiger partial charge >= 0.3 is 0 Å². The van der Waals surface area contributed by atoms with Crippen LogP contribution >= 0.6 is 11.8 Å². The van der Waals surface area contributed by atoms with Crippen LogP contribution in [-0.2, 0) is 6.54 Å². The Morgan fingerprint density at radius 3 is 2.67 bits per heavy atom. The van der Waals surface area contributed by atoms with Crippen LogP contribution in [0.5, 0.6) is 0 Å². The van der Waals surface area contributed by atoms with E-state index < -0.39 is 0 Å². The Hall–Kier alpha value is -2.57. The van der Waals surface area contributed by atoms with Crippen molar-refractivity contribution in [1.82, 2.24) is 10.2 Å². The van der Waals surface area contributed by atoms with Gasteiger partial charge in [0.2, 0.25) is 0 Å². The SMILES string of the molecule is CSc1ccccc1CN1CCC(CNC(=O)c2cc(=O)c3ccccc3o2)CC1. The van der Waals surface area contributed by atoms with Crippen LogP contribution in [0.3, 0.4) is 0 Å². The zero-order chi connectivity index (χ0) is 20.9. The Kier molecular flexibility index (Phi) is 6.55. The van der Waals surface area contributed by atoms with Gasteiger partial charge in [-0.2, -0.15) is 0 Å². The first-order valence-electron chi connectivity index (χ1n) is 10.3. The number of likely N-dealkylation sites (tertiary alicyclic amines) is 1. The summed E-state index contributed by atoms with van der Waals surface area (Å²) < 4.78 is 5.63. The number of piperidine rings is 1. The Morgan fingerprint density at radius 1 is 1.13 bits per heavy atom. The smallest absolute Gasteiger partial charge is 0.287 e. The number of rotatable bonds is 6. The van der Waals surface area contributed by atoms with Gasteiger partial charge in [0.25, 0.3) is 5.91 Å². The Labute approximate surface area is 180 Å². The van der Waals surface area contributed by atoms with Gasteiger partial charge in [0, 0.05) is 24.1 Å². The molecule has 1 aromatic heterocycles. The number of thioether (sulfide) groups is 1. The fourth-order valence-electron chi connectivity index (χ4n) is 3.96. The number of para-hydroxylation sites is 1. The second-order valence-electron chi connectivity index (χ2n) is 7.71. The van der Waals surface area contributed by atoms with Gasteiger partial charge in [-0.3, -0.25) is 14.5 Å². The normalized spacial score (nSPS) is 15.4. The summed E-state index contributed by atoms with van der Waals surface area (Å²) in [6.07, 6.45) is 4.21. The van der Waals surface area contributed by atoms with E-state index >= 15 is 0 Å². The molecule has 0 radical (unpaired) electrons. The number of hydrogen-bond acceptors (Lipinski definition) is 5. The number of benzene rings is 2. The third-order valence-corrected chi connectivity index (χ3v) is 6.54. The highest BCUT2D eigenvalue weighted by atomic mass is 32.2. The lowest BCUT2D eigenvalue weighted by Crippen LogP contribution is -2.38. The van der Waals surface area contributed by atoms with Crippen LogP contribution in [0.25, 0.3) is 11.0 Å². The number of fused-ring (bicyclic) bond motifs is 1. The maximum Gasteiger partial charge on any atom is 0.287 e. The first-order chi connectivity index (χ1) is 14.6. The Balaban J connectivity index is 1.29. The van der Waals surface area contributed by atoms with E-state index in [0.717, 1.165) is 32.5 Å². The minimum Gasteiger partial charge on any atom is -0.451 e. The second-order valence-corrected chi connectivity index (χ2v) is 8.56. The molecule has 6 heteroatoms. The maximum atomic E-state index is 12.5. The van der Waals surface area contributed by atoms with Gasteiger partial charge in [-0.15, -0.1) is 11.8 Å². The van der Waals surface area contributed by atoms with Gasteiger partial charge in [-0.25, -0.2) is 0 Å². The first kappa shape index (κ1) is 20.7. The molecule has 0 bridgehead atoms. The van der Waals surface area contributed by atoms with E-state index in [2.05, 4.69) is 40.7 Å². The molecule has 4 rings (SSSR count). The van der Waals surface area contributed by atoms with Crippen molar-refractivity contribution < 1.29 is 9.21 Å². The Morgan fingerprint density at radius 2 is 1.87 bits per heavy atom. The summed E-state index contributed by atoms with van der Waals surface area (Å²) in [5.41, 5.74) is 1.62. The highest BCUT2D eigenvalue weighted by Crippen LogP contribution is 2.24. The van der Waals surface area contributed by atoms with Crippen molar-refractivity contribution in [3.05, 3.63) is 76.1 Å². The molecule has 156 valence electrons. The Bertz CT molecular complexity index is 1090. The fourth-order valence-corrected chi connectivity index (χ4v) is 4.57. The van der Waals surface area contributed by atoms with Crippen molar-refractivity contribution in [2.45, 2.75) is 24.3 Å². The summed E-state index contributed by atoms with van der Waals surface area (Å²) in [4.78, 5) is 28.5. The van der Waals surface area contributed by atoms with Crippen LogP contribution in [0.15, 0.2) is 68.7 Å². The molecule has 5 nitrogen and oxygen atoms in total. The van der Waals surface area contributed by atoms with Crippen LogP contribution in [0.2, 0.25) is 0 Å². The molecule has 0 atom stereocenters. The van der Waals surface area contributed by atoms with Crippen molar-refractivity contribution in [2.75, 3.05) is 25.9 Å². The summed E-state index contributed by atoms with van der Waals surface area (Å²) in [5, 5.41) is 3.44. The van der Waals surface area contributed by atoms with Crippen LogP contribution in [0, 0.1) is 5.92 Å². The van der Waals surface area contributed by atoms with Gasteiger partial charge in [-0.1, -0.05) is 30.3 Å². The lowest BCUT2D eigenvalue weighted by Gasteiger charge is -2.32. The molecular formula is C24H26N2O3S. The van der Waals surface area contributed by atoms with Gasteiger partial charge in [0.1, 0.15) is 5.58 Å². The molecule has 0 spiro atoms.